The van der Waals surface area contributed by atoms with Gasteiger partial charge in [0.1, 0.15) is 0 Å². The van der Waals surface area contributed by atoms with E-state index >= 15 is 0 Å². The number of aryl methyl sites for hydroxylation is 2. The summed E-state index contributed by atoms with van der Waals surface area (Å²) in [5.74, 6) is 0.0544. The first-order valence-electron chi connectivity index (χ1n) is 8.01. The van der Waals surface area contributed by atoms with E-state index in [1.165, 1.54) is 0 Å². The first kappa shape index (κ1) is 13.7. The molecule has 2 aliphatic heterocycles. The largest absolute Gasteiger partial charge is 0.330 e. The van der Waals surface area contributed by atoms with Gasteiger partial charge in [0.15, 0.2) is 11.3 Å². The highest BCUT2D eigenvalue weighted by Gasteiger charge is 2.39. The van der Waals surface area contributed by atoms with E-state index in [-0.39, 0.29) is 5.91 Å². The fourth-order valence-electron chi connectivity index (χ4n) is 3.84. The second-order valence-corrected chi connectivity index (χ2v) is 6.43. The van der Waals surface area contributed by atoms with E-state index in [9.17, 15) is 4.79 Å². The average Bonchev–Trinajstić information content (AvgIpc) is 2.98. The van der Waals surface area contributed by atoms with Crippen molar-refractivity contribution in [1.29, 1.82) is 0 Å². The molecule has 2 saturated heterocycles. The lowest BCUT2D eigenvalue weighted by Crippen LogP contribution is -2.42. The number of hydrogen-bond donors (Lipinski definition) is 1. The molecule has 1 amide bonds. The fourth-order valence-corrected chi connectivity index (χ4v) is 3.84. The minimum atomic E-state index is 0.0544. The number of carbonyl (C=O) groups is 1. The van der Waals surface area contributed by atoms with Gasteiger partial charge >= 0.3 is 0 Å². The molecule has 6 heteroatoms. The Morgan fingerprint density at radius 1 is 1.23 bits per heavy atom. The van der Waals surface area contributed by atoms with Gasteiger partial charge in [-0.1, -0.05) is 0 Å². The fraction of sp³-hybridized carbons (Fsp3) is 0.562. The van der Waals surface area contributed by atoms with Crippen LogP contribution in [0.25, 0.3) is 5.65 Å². The quantitative estimate of drug-likeness (QED) is 0.862. The summed E-state index contributed by atoms with van der Waals surface area (Å²) in [5, 5.41) is 7.92. The molecule has 0 aliphatic carbocycles. The Labute approximate surface area is 129 Å². The van der Waals surface area contributed by atoms with E-state index in [0.29, 0.717) is 17.8 Å². The van der Waals surface area contributed by atoms with Crippen molar-refractivity contribution in [3.05, 3.63) is 29.2 Å². The second-order valence-electron chi connectivity index (χ2n) is 6.43. The van der Waals surface area contributed by atoms with Crippen LogP contribution in [0.5, 0.6) is 0 Å². The first-order valence-corrected chi connectivity index (χ1v) is 8.01. The van der Waals surface area contributed by atoms with E-state index in [1.807, 2.05) is 26.0 Å². The standard InChI is InChI=1S/C16H21N5O/c1-10-7-11(2)21-15(18-10)8-14(19-21)16(22)20-12-3-4-13(20)9-17-6-5-12/h7-8,12-13,17H,3-6,9H2,1-2H3/t12-,13+/m0/s1. The van der Waals surface area contributed by atoms with Gasteiger partial charge in [-0.2, -0.15) is 5.10 Å². The summed E-state index contributed by atoms with van der Waals surface area (Å²) in [6.07, 6.45) is 3.24. The third kappa shape index (κ3) is 2.09. The summed E-state index contributed by atoms with van der Waals surface area (Å²) in [6.45, 7) is 5.84. The SMILES string of the molecule is Cc1cc(C)n2nc(C(=O)N3[C@@H]4CCNC[C@H]3CC4)cc2n1. The summed E-state index contributed by atoms with van der Waals surface area (Å²) >= 11 is 0. The Morgan fingerprint density at radius 2 is 2.05 bits per heavy atom. The number of nitrogens with zero attached hydrogens (tertiary/aromatic N) is 4. The number of carbonyl (C=O) groups excluding carboxylic acids is 1. The van der Waals surface area contributed by atoms with Crippen molar-refractivity contribution in [2.24, 2.45) is 0 Å². The summed E-state index contributed by atoms with van der Waals surface area (Å²) in [5.41, 5.74) is 3.21. The third-order valence-electron chi connectivity index (χ3n) is 4.84. The third-order valence-corrected chi connectivity index (χ3v) is 4.84. The molecule has 0 saturated carbocycles. The zero-order valence-corrected chi connectivity index (χ0v) is 13.0. The van der Waals surface area contributed by atoms with Crippen LogP contribution in [0.4, 0.5) is 0 Å². The topological polar surface area (TPSA) is 62.5 Å². The second kappa shape index (κ2) is 5.05. The van der Waals surface area contributed by atoms with Crippen molar-refractivity contribution in [3.8, 4) is 0 Å². The predicted molar refractivity (Wildman–Crippen MR) is 82.9 cm³/mol. The Hall–Kier alpha value is -1.95. The maximum Gasteiger partial charge on any atom is 0.274 e. The molecule has 2 bridgehead atoms. The van der Waals surface area contributed by atoms with Crippen molar-refractivity contribution in [2.45, 2.75) is 45.2 Å². The van der Waals surface area contributed by atoms with Crippen LogP contribution in [0.1, 0.15) is 41.1 Å². The van der Waals surface area contributed by atoms with E-state index in [0.717, 1.165) is 49.4 Å². The first-order chi connectivity index (χ1) is 10.6. The highest BCUT2D eigenvalue weighted by Crippen LogP contribution is 2.29. The van der Waals surface area contributed by atoms with Gasteiger partial charge < -0.3 is 10.2 Å². The molecule has 0 spiro atoms. The number of amides is 1. The van der Waals surface area contributed by atoms with Gasteiger partial charge in [0.05, 0.1) is 0 Å². The van der Waals surface area contributed by atoms with E-state index in [4.69, 9.17) is 0 Å². The van der Waals surface area contributed by atoms with Gasteiger partial charge in [-0.15, -0.1) is 0 Å². The molecule has 2 aromatic rings. The van der Waals surface area contributed by atoms with Gasteiger partial charge in [0, 0.05) is 36.1 Å². The minimum Gasteiger partial charge on any atom is -0.330 e. The smallest absolute Gasteiger partial charge is 0.274 e. The number of aromatic nitrogens is 3. The Morgan fingerprint density at radius 3 is 2.91 bits per heavy atom. The van der Waals surface area contributed by atoms with Gasteiger partial charge in [-0.25, -0.2) is 9.50 Å². The van der Waals surface area contributed by atoms with Gasteiger partial charge in [0.25, 0.3) is 5.91 Å². The summed E-state index contributed by atoms with van der Waals surface area (Å²) in [4.78, 5) is 19.5. The lowest BCUT2D eigenvalue weighted by atomic mass is 10.1. The van der Waals surface area contributed by atoms with Crippen molar-refractivity contribution >= 4 is 11.6 Å². The van der Waals surface area contributed by atoms with Gasteiger partial charge in [-0.3, -0.25) is 4.79 Å². The number of hydrogen-bond acceptors (Lipinski definition) is 4. The molecule has 4 rings (SSSR count). The molecule has 22 heavy (non-hydrogen) atoms. The summed E-state index contributed by atoms with van der Waals surface area (Å²) < 4.78 is 1.76. The molecule has 116 valence electrons. The molecule has 1 N–H and O–H groups in total. The Bertz CT molecular complexity index is 723. The van der Waals surface area contributed by atoms with Crippen molar-refractivity contribution in [3.63, 3.8) is 0 Å². The van der Waals surface area contributed by atoms with E-state index in [2.05, 4.69) is 20.3 Å². The van der Waals surface area contributed by atoms with Gasteiger partial charge in [0.2, 0.25) is 0 Å². The van der Waals surface area contributed by atoms with Crippen molar-refractivity contribution < 1.29 is 4.79 Å². The van der Waals surface area contributed by atoms with Crippen LogP contribution in [0.3, 0.4) is 0 Å². The molecule has 4 heterocycles. The monoisotopic (exact) mass is 299 g/mol. The maximum atomic E-state index is 13.0. The molecular formula is C16H21N5O. The zero-order valence-electron chi connectivity index (χ0n) is 13.0. The van der Waals surface area contributed by atoms with Gasteiger partial charge in [-0.05, 0) is 45.7 Å². The van der Waals surface area contributed by atoms with Crippen LogP contribution < -0.4 is 5.32 Å². The number of fused-ring (bicyclic) bond motifs is 3. The van der Waals surface area contributed by atoms with Crippen LogP contribution in [0.15, 0.2) is 12.1 Å². The van der Waals surface area contributed by atoms with E-state index < -0.39 is 0 Å². The van der Waals surface area contributed by atoms with Crippen LogP contribution >= 0.6 is 0 Å². The molecule has 2 aliphatic rings. The molecule has 2 fully saturated rings. The predicted octanol–water partition coefficient (Wildman–Crippen LogP) is 1.31. The number of nitrogens with one attached hydrogen (secondary N) is 1. The Balaban J connectivity index is 1.72. The van der Waals surface area contributed by atoms with Crippen LogP contribution in [-0.2, 0) is 0 Å². The lowest BCUT2D eigenvalue weighted by Gasteiger charge is -2.26. The summed E-state index contributed by atoms with van der Waals surface area (Å²) in [6, 6.07) is 4.46. The molecule has 2 aromatic heterocycles. The Kier molecular flexibility index (Phi) is 3.14. The van der Waals surface area contributed by atoms with Crippen LogP contribution in [0.2, 0.25) is 0 Å². The molecule has 0 unspecified atom stereocenters. The molecular weight excluding hydrogens is 278 g/mol. The van der Waals surface area contributed by atoms with E-state index in [1.54, 1.807) is 4.52 Å². The van der Waals surface area contributed by atoms with Crippen molar-refractivity contribution in [1.82, 2.24) is 24.8 Å². The highest BCUT2D eigenvalue weighted by molar-refractivity contribution is 5.94. The zero-order chi connectivity index (χ0) is 15.3. The highest BCUT2D eigenvalue weighted by atomic mass is 16.2. The average molecular weight is 299 g/mol. The molecule has 6 nitrogen and oxygen atoms in total. The van der Waals surface area contributed by atoms with Crippen LogP contribution in [0, 0.1) is 13.8 Å². The lowest BCUT2D eigenvalue weighted by molar-refractivity contribution is 0.0674. The molecule has 2 atom stereocenters. The number of rotatable bonds is 1. The molecule has 0 aromatic carbocycles. The maximum absolute atomic E-state index is 13.0. The molecule has 0 radical (unpaired) electrons. The summed E-state index contributed by atoms with van der Waals surface area (Å²) in [7, 11) is 0. The minimum absolute atomic E-state index is 0.0544. The normalized spacial score (nSPS) is 24.7. The van der Waals surface area contributed by atoms with Crippen LogP contribution in [-0.4, -0.2) is 50.6 Å². The van der Waals surface area contributed by atoms with Crippen molar-refractivity contribution in [2.75, 3.05) is 13.1 Å².